The summed E-state index contributed by atoms with van der Waals surface area (Å²) in [5.41, 5.74) is 2.63. The molecule has 0 heterocycles. The molecule has 0 amide bonds. The first kappa shape index (κ1) is 21.4. The van der Waals surface area contributed by atoms with E-state index in [0.717, 1.165) is 35.4 Å². The van der Waals surface area contributed by atoms with Crippen LogP contribution in [0.15, 0.2) is 47.4 Å². The van der Waals surface area contributed by atoms with Crippen LogP contribution in [0.2, 0.25) is 0 Å². The predicted molar refractivity (Wildman–Crippen MR) is 110 cm³/mol. The van der Waals surface area contributed by atoms with E-state index in [0.29, 0.717) is 18.0 Å². The Morgan fingerprint density at radius 1 is 0.963 bits per heavy atom. The van der Waals surface area contributed by atoms with Crippen molar-refractivity contribution in [2.75, 3.05) is 34.3 Å². The van der Waals surface area contributed by atoms with Gasteiger partial charge in [-0.3, -0.25) is 0 Å². The number of methoxy groups -OCH3 is 1. The number of rotatable bonds is 9. The topological polar surface area (TPSA) is 49.9 Å². The van der Waals surface area contributed by atoms with E-state index in [1.54, 1.807) is 23.5 Å². The second-order valence-electron chi connectivity index (χ2n) is 7.07. The summed E-state index contributed by atoms with van der Waals surface area (Å²) in [6.07, 6.45) is 0.771. The molecular formula is C21H30N2O3S. The lowest BCUT2D eigenvalue weighted by molar-refractivity contribution is 0.346. The second-order valence-corrected chi connectivity index (χ2v) is 9.01. The van der Waals surface area contributed by atoms with Crippen LogP contribution in [0.4, 0.5) is 0 Å². The van der Waals surface area contributed by atoms with Crippen molar-refractivity contribution in [2.45, 2.75) is 31.7 Å². The molecule has 5 nitrogen and oxygen atoms in total. The molecule has 2 rings (SSSR count). The fraction of sp³-hybridized carbons (Fsp3) is 0.429. The van der Waals surface area contributed by atoms with Crippen LogP contribution in [0.3, 0.4) is 0 Å². The quantitative estimate of drug-likeness (QED) is 0.658. The Hall–Kier alpha value is -1.89. The summed E-state index contributed by atoms with van der Waals surface area (Å²) >= 11 is 0. The average Bonchev–Trinajstić information content (AvgIpc) is 2.61. The molecule has 0 fully saturated rings. The lowest BCUT2D eigenvalue weighted by Crippen LogP contribution is -2.33. The van der Waals surface area contributed by atoms with Gasteiger partial charge in [0, 0.05) is 13.1 Å². The number of hydrogen-bond donors (Lipinski definition) is 0. The summed E-state index contributed by atoms with van der Waals surface area (Å²) in [4.78, 5) is 2.38. The van der Waals surface area contributed by atoms with Gasteiger partial charge in [0.25, 0.3) is 0 Å². The molecule has 0 aliphatic carbocycles. The highest BCUT2D eigenvalue weighted by Crippen LogP contribution is 2.28. The highest BCUT2D eigenvalue weighted by atomic mass is 32.2. The average molecular weight is 391 g/mol. The van der Waals surface area contributed by atoms with E-state index in [9.17, 15) is 8.42 Å². The Morgan fingerprint density at radius 3 is 2.07 bits per heavy atom. The summed E-state index contributed by atoms with van der Waals surface area (Å²) in [5, 5.41) is 0. The van der Waals surface area contributed by atoms with Crippen LogP contribution in [0, 0.1) is 13.8 Å². The fourth-order valence-corrected chi connectivity index (χ4v) is 4.80. The van der Waals surface area contributed by atoms with E-state index < -0.39 is 10.0 Å². The lowest BCUT2D eigenvalue weighted by Gasteiger charge is -2.24. The molecule has 0 aliphatic heterocycles. The van der Waals surface area contributed by atoms with Crippen molar-refractivity contribution >= 4 is 10.0 Å². The molecule has 0 atom stereocenters. The van der Waals surface area contributed by atoms with Gasteiger partial charge in [-0.05, 0) is 69.7 Å². The molecule has 0 N–H and O–H groups in total. The van der Waals surface area contributed by atoms with Crippen molar-refractivity contribution in [2.24, 2.45) is 0 Å². The molecule has 27 heavy (non-hydrogen) atoms. The Bertz CT molecular complexity index is 826. The summed E-state index contributed by atoms with van der Waals surface area (Å²) in [7, 11) is 1.98. The zero-order valence-electron chi connectivity index (χ0n) is 16.9. The normalized spacial score (nSPS) is 12.0. The van der Waals surface area contributed by atoms with Gasteiger partial charge >= 0.3 is 0 Å². The van der Waals surface area contributed by atoms with Gasteiger partial charge in [-0.15, -0.1) is 0 Å². The predicted octanol–water partition coefficient (Wildman–Crippen LogP) is 3.45. The van der Waals surface area contributed by atoms with Crippen molar-refractivity contribution < 1.29 is 13.2 Å². The summed E-state index contributed by atoms with van der Waals surface area (Å²) in [6.45, 7) is 5.42. The van der Waals surface area contributed by atoms with E-state index in [-0.39, 0.29) is 0 Å². The number of ether oxygens (including phenoxy) is 1. The third-order valence-electron chi connectivity index (χ3n) is 4.49. The van der Waals surface area contributed by atoms with Crippen molar-refractivity contribution in [3.8, 4) is 5.75 Å². The van der Waals surface area contributed by atoms with Gasteiger partial charge in [-0.2, -0.15) is 4.31 Å². The van der Waals surface area contributed by atoms with Crippen LogP contribution in [0.25, 0.3) is 0 Å². The Kier molecular flexibility index (Phi) is 7.41. The first-order chi connectivity index (χ1) is 12.8. The summed E-state index contributed by atoms with van der Waals surface area (Å²) < 4.78 is 33.7. The van der Waals surface area contributed by atoms with Gasteiger partial charge in [0.2, 0.25) is 10.0 Å². The van der Waals surface area contributed by atoms with Gasteiger partial charge in [-0.25, -0.2) is 8.42 Å². The minimum atomic E-state index is -3.61. The zero-order chi connectivity index (χ0) is 20.0. The molecule has 0 saturated carbocycles. The molecule has 2 aromatic rings. The Morgan fingerprint density at radius 2 is 1.56 bits per heavy atom. The van der Waals surface area contributed by atoms with Gasteiger partial charge < -0.3 is 9.64 Å². The number of nitrogens with zero attached hydrogens (tertiary/aromatic N) is 2. The zero-order valence-corrected chi connectivity index (χ0v) is 17.7. The molecule has 0 aromatic heterocycles. The fourth-order valence-electron chi connectivity index (χ4n) is 3.17. The molecule has 0 bridgehead atoms. The van der Waals surface area contributed by atoms with Gasteiger partial charge in [0.1, 0.15) is 5.75 Å². The molecule has 6 heteroatoms. The molecule has 0 saturated heterocycles. The van der Waals surface area contributed by atoms with E-state index in [4.69, 9.17) is 4.74 Å². The maximum atomic E-state index is 13.4. The summed E-state index contributed by atoms with van der Waals surface area (Å²) in [5.74, 6) is 0.733. The van der Waals surface area contributed by atoms with Crippen LogP contribution in [-0.4, -0.2) is 51.9 Å². The van der Waals surface area contributed by atoms with Crippen molar-refractivity contribution in [3.63, 3.8) is 0 Å². The van der Waals surface area contributed by atoms with Crippen LogP contribution in [0.5, 0.6) is 5.75 Å². The van der Waals surface area contributed by atoms with Gasteiger partial charge in [-0.1, -0.05) is 30.3 Å². The Labute approximate surface area is 163 Å². The molecule has 0 unspecified atom stereocenters. The van der Waals surface area contributed by atoms with Crippen LogP contribution in [-0.2, 0) is 16.6 Å². The van der Waals surface area contributed by atoms with E-state index in [1.807, 2.05) is 58.3 Å². The summed E-state index contributed by atoms with van der Waals surface area (Å²) in [6, 6.07) is 13.1. The van der Waals surface area contributed by atoms with Gasteiger partial charge in [0.15, 0.2) is 0 Å². The number of aryl methyl sites for hydroxylation is 2. The van der Waals surface area contributed by atoms with E-state index >= 15 is 0 Å². The van der Waals surface area contributed by atoms with E-state index in [2.05, 4.69) is 4.90 Å². The molecule has 0 radical (unpaired) electrons. The lowest BCUT2D eigenvalue weighted by atomic mass is 10.1. The third-order valence-corrected chi connectivity index (χ3v) is 6.31. The second kappa shape index (κ2) is 9.35. The molecule has 2 aromatic carbocycles. The van der Waals surface area contributed by atoms with Crippen LogP contribution in [0.1, 0.15) is 23.1 Å². The minimum absolute atomic E-state index is 0.319. The molecule has 148 valence electrons. The maximum absolute atomic E-state index is 13.4. The Balaban J connectivity index is 2.36. The monoisotopic (exact) mass is 390 g/mol. The molecular weight excluding hydrogens is 360 g/mol. The SMILES string of the molecule is COc1c(C)cc(S(=O)(=O)N(CCCN(C)C)Cc2ccccc2)cc1C. The van der Waals surface area contributed by atoms with Crippen molar-refractivity contribution in [1.29, 1.82) is 0 Å². The van der Waals surface area contributed by atoms with Crippen LogP contribution < -0.4 is 4.74 Å². The minimum Gasteiger partial charge on any atom is -0.496 e. The third kappa shape index (κ3) is 5.54. The standard InChI is InChI=1S/C21H30N2O3S/c1-17-14-20(15-18(2)21(17)26-5)27(24,25)23(13-9-12-22(3)4)16-19-10-7-6-8-11-19/h6-8,10-11,14-15H,9,12-13,16H2,1-5H3. The number of benzene rings is 2. The number of sulfonamides is 1. The van der Waals surface area contributed by atoms with Crippen LogP contribution >= 0.6 is 0 Å². The smallest absolute Gasteiger partial charge is 0.243 e. The highest BCUT2D eigenvalue weighted by molar-refractivity contribution is 7.89. The van der Waals surface area contributed by atoms with Crippen molar-refractivity contribution in [3.05, 3.63) is 59.2 Å². The number of hydrogen-bond acceptors (Lipinski definition) is 4. The molecule has 0 aliphatic rings. The first-order valence-corrected chi connectivity index (χ1v) is 10.5. The molecule has 0 spiro atoms. The largest absolute Gasteiger partial charge is 0.496 e. The maximum Gasteiger partial charge on any atom is 0.243 e. The van der Waals surface area contributed by atoms with Gasteiger partial charge in [0.05, 0.1) is 12.0 Å². The van der Waals surface area contributed by atoms with Crippen molar-refractivity contribution in [1.82, 2.24) is 9.21 Å². The highest BCUT2D eigenvalue weighted by Gasteiger charge is 2.26. The van der Waals surface area contributed by atoms with E-state index in [1.165, 1.54) is 0 Å². The first-order valence-electron chi connectivity index (χ1n) is 9.09.